The van der Waals surface area contributed by atoms with Crippen LogP contribution >= 0.6 is 34.8 Å². The van der Waals surface area contributed by atoms with Gasteiger partial charge in [0.25, 0.3) is 0 Å². The second-order valence-electron chi connectivity index (χ2n) is 3.37. The molecular weight excluding hydrogens is 284 g/mol. The minimum atomic E-state index is -0.632. The summed E-state index contributed by atoms with van der Waals surface area (Å²) in [4.78, 5) is 11.3. The lowest BCUT2D eigenvalue weighted by atomic mass is 10.0. The summed E-state index contributed by atoms with van der Waals surface area (Å²) in [6, 6.07) is 2.54. The molecule has 1 rings (SSSR count). The van der Waals surface area contributed by atoms with Crippen molar-refractivity contribution >= 4 is 40.8 Å². The van der Waals surface area contributed by atoms with Crippen LogP contribution < -0.4 is 5.73 Å². The standard InChI is InChI=1S/C11H12Cl3NO2/c1-2-17-9(16)5-8(15)10-6(12)3-4-7(13)11(10)14/h3-4,8H,2,5,15H2,1H3/t8-/m0/s1. The van der Waals surface area contributed by atoms with E-state index in [0.29, 0.717) is 22.2 Å². The molecule has 0 saturated carbocycles. The van der Waals surface area contributed by atoms with E-state index in [1.807, 2.05) is 0 Å². The van der Waals surface area contributed by atoms with Gasteiger partial charge in [0.05, 0.1) is 23.1 Å². The zero-order valence-electron chi connectivity index (χ0n) is 9.17. The highest BCUT2D eigenvalue weighted by atomic mass is 35.5. The number of benzene rings is 1. The first-order valence-corrected chi connectivity index (χ1v) is 6.15. The number of hydrogen-bond acceptors (Lipinski definition) is 3. The normalized spacial score (nSPS) is 12.3. The number of carbonyl (C=O) groups excluding carboxylic acids is 1. The van der Waals surface area contributed by atoms with Crippen molar-refractivity contribution in [2.45, 2.75) is 19.4 Å². The predicted octanol–water partition coefficient (Wildman–Crippen LogP) is 3.60. The number of rotatable bonds is 4. The minimum Gasteiger partial charge on any atom is -0.466 e. The Morgan fingerprint density at radius 3 is 2.53 bits per heavy atom. The first-order chi connectivity index (χ1) is 7.97. The zero-order valence-corrected chi connectivity index (χ0v) is 11.4. The van der Waals surface area contributed by atoms with Gasteiger partial charge in [-0.1, -0.05) is 34.8 Å². The molecule has 0 aliphatic heterocycles. The van der Waals surface area contributed by atoms with Crippen molar-refractivity contribution in [2.75, 3.05) is 6.61 Å². The van der Waals surface area contributed by atoms with Gasteiger partial charge in [-0.05, 0) is 19.1 Å². The number of esters is 1. The van der Waals surface area contributed by atoms with E-state index in [9.17, 15) is 4.79 Å². The Hall–Kier alpha value is -0.480. The highest BCUT2D eigenvalue weighted by molar-refractivity contribution is 6.44. The Kier molecular flexibility index (Phi) is 5.53. The fraction of sp³-hybridized carbons (Fsp3) is 0.364. The molecule has 0 amide bonds. The van der Waals surface area contributed by atoms with Crippen LogP contribution in [0.5, 0.6) is 0 Å². The van der Waals surface area contributed by atoms with E-state index in [1.54, 1.807) is 19.1 Å². The summed E-state index contributed by atoms with van der Waals surface area (Å²) in [5, 5.41) is 1.01. The SMILES string of the molecule is CCOC(=O)C[C@H](N)c1c(Cl)ccc(Cl)c1Cl. The Morgan fingerprint density at radius 1 is 1.35 bits per heavy atom. The van der Waals surface area contributed by atoms with Crippen LogP contribution in [-0.4, -0.2) is 12.6 Å². The van der Waals surface area contributed by atoms with Gasteiger partial charge in [-0.15, -0.1) is 0 Å². The second-order valence-corrected chi connectivity index (χ2v) is 4.56. The first kappa shape index (κ1) is 14.6. The molecule has 0 aliphatic carbocycles. The quantitative estimate of drug-likeness (QED) is 0.682. The molecule has 0 unspecified atom stereocenters. The number of ether oxygens (including phenoxy) is 1. The highest BCUT2D eigenvalue weighted by Crippen LogP contribution is 2.35. The summed E-state index contributed by atoms with van der Waals surface area (Å²) in [5.41, 5.74) is 6.33. The smallest absolute Gasteiger partial charge is 0.307 e. The van der Waals surface area contributed by atoms with E-state index in [4.69, 9.17) is 45.3 Å². The summed E-state index contributed by atoms with van der Waals surface area (Å²) < 4.78 is 4.81. The Balaban J connectivity index is 2.92. The van der Waals surface area contributed by atoms with Crippen molar-refractivity contribution in [3.8, 4) is 0 Å². The molecule has 0 heterocycles. The number of hydrogen-bond donors (Lipinski definition) is 1. The molecule has 17 heavy (non-hydrogen) atoms. The van der Waals surface area contributed by atoms with Crippen molar-refractivity contribution in [3.63, 3.8) is 0 Å². The van der Waals surface area contributed by atoms with E-state index >= 15 is 0 Å². The molecule has 3 nitrogen and oxygen atoms in total. The second kappa shape index (κ2) is 6.45. The molecule has 1 aromatic carbocycles. The average molecular weight is 297 g/mol. The largest absolute Gasteiger partial charge is 0.466 e. The first-order valence-electron chi connectivity index (χ1n) is 5.02. The maximum Gasteiger partial charge on any atom is 0.307 e. The lowest BCUT2D eigenvalue weighted by molar-refractivity contribution is -0.143. The summed E-state index contributed by atoms with van der Waals surface area (Å²) in [6.45, 7) is 2.03. The summed E-state index contributed by atoms with van der Waals surface area (Å²) in [5.74, 6) is -0.396. The van der Waals surface area contributed by atoms with Crippen LogP contribution in [0.25, 0.3) is 0 Å². The molecule has 0 spiro atoms. The summed E-state index contributed by atoms with van der Waals surface area (Å²) in [7, 11) is 0. The van der Waals surface area contributed by atoms with Gasteiger partial charge in [0.2, 0.25) is 0 Å². The lowest BCUT2D eigenvalue weighted by Crippen LogP contribution is -2.18. The maximum absolute atomic E-state index is 11.3. The molecule has 94 valence electrons. The monoisotopic (exact) mass is 295 g/mol. The minimum absolute atomic E-state index is 0.00756. The van der Waals surface area contributed by atoms with Gasteiger partial charge >= 0.3 is 5.97 Å². The van der Waals surface area contributed by atoms with Crippen LogP contribution in [-0.2, 0) is 9.53 Å². The van der Waals surface area contributed by atoms with Crippen LogP contribution in [0.15, 0.2) is 12.1 Å². The molecule has 0 saturated heterocycles. The van der Waals surface area contributed by atoms with E-state index in [1.165, 1.54) is 0 Å². The van der Waals surface area contributed by atoms with Crippen LogP contribution in [0.4, 0.5) is 0 Å². The third kappa shape index (κ3) is 3.75. The van der Waals surface area contributed by atoms with Gasteiger partial charge in [-0.25, -0.2) is 0 Å². The highest BCUT2D eigenvalue weighted by Gasteiger charge is 2.19. The van der Waals surface area contributed by atoms with Crippen molar-refractivity contribution in [2.24, 2.45) is 5.73 Å². The number of nitrogens with two attached hydrogens (primary N) is 1. The summed E-state index contributed by atoms with van der Waals surface area (Å²) in [6.07, 6.45) is 0.00756. The van der Waals surface area contributed by atoms with E-state index in [-0.39, 0.29) is 11.4 Å². The molecule has 0 radical (unpaired) electrons. The third-order valence-electron chi connectivity index (χ3n) is 2.14. The van der Waals surface area contributed by atoms with Gasteiger partial charge in [0.1, 0.15) is 0 Å². The van der Waals surface area contributed by atoms with Crippen LogP contribution in [0.3, 0.4) is 0 Å². The van der Waals surface area contributed by atoms with Gasteiger partial charge in [0, 0.05) is 16.6 Å². The molecule has 6 heteroatoms. The Morgan fingerprint density at radius 2 is 1.94 bits per heavy atom. The van der Waals surface area contributed by atoms with Crippen molar-refractivity contribution < 1.29 is 9.53 Å². The molecule has 1 atom stereocenters. The molecule has 0 bridgehead atoms. The Labute approximate surface area is 115 Å². The fourth-order valence-electron chi connectivity index (χ4n) is 1.38. The molecule has 0 fully saturated rings. The van der Waals surface area contributed by atoms with Gasteiger partial charge in [-0.2, -0.15) is 0 Å². The van der Waals surface area contributed by atoms with Crippen molar-refractivity contribution in [1.82, 2.24) is 0 Å². The van der Waals surface area contributed by atoms with Gasteiger partial charge in [0.15, 0.2) is 0 Å². The fourth-order valence-corrected chi connectivity index (χ4v) is 2.20. The molecule has 0 aliphatic rings. The van der Waals surface area contributed by atoms with E-state index in [2.05, 4.69) is 0 Å². The lowest BCUT2D eigenvalue weighted by Gasteiger charge is -2.15. The zero-order chi connectivity index (χ0) is 13.0. The predicted molar refractivity (Wildman–Crippen MR) is 69.7 cm³/mol. The van der Waals surface area contributed by atoms with E-state index in [0.717, 1.165) is 0 Å². The molecule has 1 aromatic rings. The van der Waals surface area contributed by atoms with Crippen molar-refractivity contribution in [1.29, 1.82) is 0 Å². The topological polar surface area (TPSA) is 52.3 Å². The van der Waals surface area contributed by atoms with Gasteiger partial charge in [-0.3, -0.25) is 4.79 Å². The van der Waals surface area contributed by atoms with Crippen LogP contribution in [0.1, 0.15) is 24.9 Å². The van der Waals surface area contributed by atoms with Crippen molar-refractivity contribution in [3.05, 3.63) is 32.8 Å². The van der Waals surface area contributed by atoms with Crippen LogP contribution in [0.2, 0.25) is 15.1 Å². The molecular formula is C11H12Cl3NO2. The maximum atomic E-state index is 11.3. The summed E-state index contributed by atoms with van der Waals surface area (Å²) >= 11 is 17.9. The van der Waals surface area contributed by atoms with Crippen LogP contribution in [0, 0.1) is 0 Å². The molecule has 2 N–H and O–H groups in total. The van der Waals surface area contributed by atoms with E-state index < -0.39 is 12.0 Å². The Bertz CT molecular complexity index is 423. The number of carbonyl (C=O) groups is 1. The third-order valence-corrected chi connectivity index (χ3v) is 3.29. The molecule has 0 aromatic heterocycles. The number of halogens is 3. The average Bonchev–Trinajstić information content (AvgIpc) is 2.24. The van der Waals surface area contributed by atoms with Gasteiger partial charge < -0.3 is 10.5 Å².